The third-order valence-corrected chi connectivity index (χ3v) is 8.41. The second-order valence-electron chi connectivity index (χ2n) is 7.82. The fraction of sp³-hybridized carbons (Fsp3) is 0.350. The van der Waals surface area contributed by atoms with Gasteiger partial charge in [0.05, 0.1) is 10.8 Å². The molecular formula is C20H23N5O6S2. The van der Waals surface area contributed by atoms with Gasteiger partial charge in [-0.3, -0.25) is 4.79 Å². The van der Waals surface area contributed by atoms with Gasteiger partial charge in [-0.2, -0.15) is 4.31 Å². The highest BCUT2D eigenvalue weighted by Crippen LogP contribution is 2.27. The number of sulfonamides is 2. The average Bonchev–Trinajstić information content (AvgIpc) is 3.28. The van der Waals surface area contributed by atoms with Crippen LogP contribution >= 0.6 is 0 Å². The Morgan fingerprint density at radius 1 is 1.12 bits per heavy atom. The molecule has 1 aliphatic heterocycles. The Hall–Kier alpha value is -2.87. The number of amides is 1. The zero-order valence-electron chi connectivity index (χ0n) is 17.5. The average molecular weight is 494 g/mol. The number of carbonyl (C=O) groups is 1. The molecule has 1 fully saturated rings. The smallest absolute Gasteiger partial charge is 0.245 e. The minimum Gasteiger partial charge on any atom is -0.355 e. The van der Waals surface area contributed by atoms with Gasteiger partial charge in [0.2, 0.25) is 26.0 Å². The Bertz CT molecular complexity index is 1370. The van der Waals surface area contributed by atoms with Crippen molar-refractivity contribution in [2.75, 3.05) is 19.6 Å². The van der Waals surface area contributed by atoms with Gasteiger partial charge >= 0.3 is 0 Å². The lowest BCUT2D eigenvalue weighted by atomic mass is 9.99. The highest BCUT2D eigenvalue weighted by atomic mass is 32.2. The number of nitrogens with two attached hydrogens (primary N) is 1. The van der Waals surface area contributed by atoms with Gasteiger partial charge in [-0.25, -0.2) is 26.6 Å². The quantitative estimate of drug-likeness (QED) is 0.483. The maximum atomic E-state index is 13.2. The van der Waals surface area contributed by atoms with E-state index in [0.29, 0.717) is 37.9 Å². The van der Waals surface area contributed by atoms with Gasteiger partial charge in [-0.1, -0.05) is 18.2 Å². The molecular weight excluding hydrogens is 470 g/mol. The molecule has 1 atom stereocenters. The topological polar surface area (TPSA) is 166 Å². The molecule has 3 N–H and O–H groups in total. The first-order valence-electron chi connectivity index (χ1n) is 10.3. The lowest BCUT2D eigenvalue weighted by Crippen LogP contribution is -2.45. The number of nitrogens with zero attached hydrogens (tertiary/aromatic N) is 3. The van der Waals surface area contributed by atoms with Crippen LogP contribution in [-0.2, 0) is 31.3 Å². The molecule has 1 saturated heterocycles. The Morgan fingerprint density at radius 2 is 1.88 bits per heavy atom. The summed E-state index contributed by atoms with van der Waals surface area (Å²) < 4.78 is 55.0. The molecule has 0 spiro atoms. The van der Waals surface area contributed by atoms with Gasteiger partial charge < -0.3 is 5.32 Å². The number of benzene rings is 2. The molecule has 13 heteroatoms. The van der Waals surface area contributed by atoms with E-state index < -0.39 is 26.0 Å². The van der Waals surface area contributed by atoms with Gasteiger partial charge in [0.1, 0.15) is 10.4 Å². The van der Waals surface area contributed by atoms with Gasteiger partial charge in [-0.15, -0.1) is 0 Å². The SMILES string of the molecule is NS(=O)(=O)c1ccc(CCNC(=O)[C@H]2CCCN(S(=O)(=O)c3cccc4nonc34)C2)cc1. The Kier molecular flexibility index (Phi) is 6.47. The number of hydrogen-bond acceptors (Lipinski definition) is 8. The van der Waals surface area contributed by atoms with Crippen molar-refractivity contribution in [2.45, 2.75) is 29.1 Å². The molecule has 11 nitrogen and oxygen atoms in total. The van der Waals surface area contributed by atoms with Crippen molar-refractivity contribution < 1.29 is 26.3 Å². The van der Waals surface area contributed by atoms with Crippen LogP contribution in [0.3, 0.4) is 0 Å². The Balaban J connectivity index is 1.37. The number of carbonyl (C=O) groups excluding carboxylic acids is 1. The fourth-order valence-corrected chi connectivity index (χ4v) is 6.00. The van der Waals surface area contributed by atoms with E-state index in [9.17, 15) is 21.6 Å². The summed E-state index contributed by atoms with van der Waals surface area (Å²) in [6.07, 6.45) is 1.63. The normalized spacial score (nSPS) is 17.8. The summed E-state index contributed by atoms with van der Waals surface area (Å²) in [6.45, 7) is 0.712. The number of primary sulfonamides is 1. The molecule has 2 heterocycles. The number of rotatable bonds is 7. The van der Waals surface area contributed by atoms with Crippen molar-refractivity contribution in [1.82, 2.24) is 19.9 Å². The first kappa shape index (κ1) is 23.3. The predicted molar refractivity (Wildman–Crippen MR) is 118 cm³/mol. The number of piperidine rings is 1. The zero-order valence-corrected chi connectivity index (χ0v) is 19.2. The Labute approximate surface area is 191 Å². The van der Waals surface area contributed by atoms with Crippen LogP contribution in [0.1, 0.15) is 18.4 Å². The molecule has 0 unspecified atom stereocenters. The van der Waals surface area contributed by atoms with E-state index in [1.54, 1.807) is 24.3 Å². The molecule has 2 aromatic carbocycles. The number of hydrogen-bond donors (Lipinski definition) is 2. The van der Waals surface area contributed by atoms with Crippen molar-refractivity contribution in [3.05, 3.63) is 48.0 Å². The molecule has 1 aliphatic rings. The van der Waals surface area contributed by atoms with E-state index >= 15 is 0 Å². The van der Waals surface area contributed by atoms with E-state index in [2.05, 4.69) is 20.3 Å². The summed E-state index contributed by atoms with van der Waals surface area (Å²) in [4.78, 5) is 12.7. The molecule has 0 saturated carbocycles. The maximum absolute atomic E-state index is 13.2. The molecule has 1 amide bonds. The molecule has 0 radical (unpaired) electrons. The minimum absolute atomic E-state index is 0.00486. The lowest BCUT2D eigenvalue weighted by molar-refractivity contribution is -0.126. The van der Waals surface area contributed by atoms with Gasteiger partial charge in [0, 0.05) is 19.6 Å². The van der Waals surface area contributed by atoms with Crippen molar-refractivity contribution in [2.24, 2.45) is 11.1 Å². The van der Waals surface area contributed by atoms with Crippen LogP contribution in [0.4, 0.5) is 0 Å². The fourth-order valence-electron chi connectivity index (χ4n) is 3.82. The molecule has 176 valence electrons. The summed E-state index contributed by atoms with van der Waals surface area (Å²) in [7, 11) is -7.62. The summed E-state index contributed by atoms with van der Waals surface area (Å²) in [5.41, 5.74) is 1.35. The maximum Gasteiger partial charge on any atom is 0.245 e. The monoisotopic (exact) mass is 493 g/mol. The summed E-state index contributed by atoms with van der Waals surface area (Å²) >= 11 is 0. The number of fused-ring (bicyclic) bond motifs is 1. The third kappa shape index (κ3) is 5.05. The van der Waals surface area contributed by atoms with Crippen molar-refractivity contribution >= 4 is 37.0 Å². The van der Waals surface area contributed by atoms with E-state index in [-0.39, 0.29) is 27.8 Å². The molecule has 1 aromatic heterocycles. The van der Waals surface area contributed by atoms with Gasteiger partial charge in [0.15, 0.2) is 5.52 Å². The van der Waals surface area contributed by atoms with Crippen LogP contribution in [0.2, 0.25) is 0 Å². The largest absolute Gasteiger partial charge is 0.355 e. The van der Waals surface area contributed by atoms with E-state index in [1.165, 1.54) is 22.5 Å². The van der Waals surface area contributed by atoms with Crippen molar-refractivity contribution in [3.63, 3.8) is 0 Å². The van der Waals surface area contributed by atoms with Crippen molar-refractivity contribution in [3.8, 4) is 0 Å². The van der Waals surface area contributed by atoms with Gasteiger partial charge in [-0.05, 0) is 59.4 Å². The molecule has 3 aromatic rings. The zero-order chi connectivity index (χ0) is 23.6. The predicted octanol–water partition coefficient (Wildman–Crippen LogP) is 0.630. The number of nitrogens with one attached hydrogen (secondary N) is 1. The highest BCUT2D eigenvalue weighted by molar-refractivity contribution is 7.89. The molecule has 4 rings (SSSR count). The summed E-state index contributed by atoms with van der Waals surface area (Å²) in [5, 5.41) is 15.3. The van der Waals surface area contributed by atoms with E-state index in [0.717, 1.165) is 5.56 Å². The second kappa shape index (κ2) is 9.17. The van der Waals surface area contributed by atoms with Crippen LogP contribution in [0.5, 0.6) is 0 Å². The third-order valence-electron chi connectivity index (χ3n) is 5.59. The summed E-state index contributed by atoms with van der Waals surface area (Å²) in [6, 6.07) is 10.7. The lowest BCUT2D eigenvalue weighted by Gasteiger charge is -2.31. The van der Waals surface area contributed by atoms with E-state index in [4.69, 9.17) is 5.14 Å². The van der Waals surface area contributed by atoms with Crippen LogP contribution < -0.4 is 10.5 Å². The van der Waals surface area contributed by atoms with Crippen LogP contribution in [-0.4, -0.2) is 57.0 Å². The van der Waals surface area contributed by atoms with Crippen LogP contribution in [0.25, 0.3) is 11.0 Å². The molecule has 0 bridgehead atoms. The molecule has 0 aliphatic carbocycles. The van der Waals surface area contributed by atoms with Crippen LogP contribution in [0.15, 0.2) is 56.9 Å². The van der Waals surface area contributed by atoms with Crippen LogP contribution in [0, 0.1) is 5.92 Å². The second-order valence-corrected chi connectivity index (χ2v) is 11.3. The minimum atomic E-state index is -3.87. The van der Waals surface area contributed by atoms with E-state index in [1.807, 2.05) is 0 Å². The van der Waals surface area contributed by atoms with Crippen molar-refractivity contribution in [1.29, 1.82) is 0 Å². The van der Waals surface area contributed by atoms with Gasteiger partial charge in [0.25, 0.3) is 0 Å². The summed E-state index contributed by atoms with van der Waals surface area (Å²) in [5.74, 6) is -0.703. The standard InChI is InChI=1S/C20H23N5O6S2/c21-32(27,28)16-8-6-14(7-9-16)10-11-22-20(26)15-3-2-12-25(13-15)33(29,30)18-5-1-4-17-19(18)24-31-23-17/h1,4-9,15H,2-3,10-13H2,(H,22,26)(H2,21,27,28)/t15-/m0/s1. The first-order chi connectivity index (χ1) is 15.7. The number of aromatic nitrogens is 2. The highest BCUT2D eigenvalue weighted by Gasteiger charge is 2.34. The first-order valence-corrected chi connectivity index (χ1v) is 13.3. The Morgan fingerprint density at radius 3 is 2.61 bits per heavy atom. The molecule has 33 heavy (non-hydrogen) atoms.